The lowest BCUT2D eigenvalue weighted by atomic mass is 9.66. The van der Waals surface area contributed by atoms with Gasteiger partial charge in [0.25, 0.3) is 17.0 Å². The number of aliphatic hydroxyl groups excluding tert-OH is 3. The monoisotopic (exact) mass is 460 g/mol. The highest BCUT2D eigenvalue weighted by atomic mass is 16.6. The van der Waals surface area contributed by atoms with E-state index in [4.69, 9.17) is 9.47 Å². The second-order valence-corrected chi connectivity index (χ2v) is 6.93. The van der Waals surface area contributed by atoms with Crippen molar-refractivity contribution >= 4 is 35.1 Å². The quantitative estimate of drug-likeness (QED) is 0.164. The molecule has 3 N–H and O–H groups in total. The van der Waals surface area contributed by atoms with Gasteiger partial charge in [0.1, 0.15) is 12.2 Å². The Hall–Kier alpha value is -2.50. The fourth-order valence-electron chi connectivity index (χ4n) is 3.17. The van der Waals surface area contributed by atoms with Crippen LogP contribution in [-0.2, 0) is 38.2 Å². The second kappa shape index (κ2) is 12.5. The molecule has 0 aromatic heterocycles. The van der Waals surface area contributed by atoms with Crippen molar-refractivity contribution in [3.8, 4) is 0 Å². The number of carbonyl (C=O) groups is 6. The Morgan fingerprint density at radius 1 is 0.719 bits per heavy atom. The minimum absolute atomic E-state index is 0.408. The van der Waals surface area contributed by atoms with Crippen LogP contribution in [0.25, 0.3) is 0 Å². The van der Waals surface area contributed by atoms with Crippen LogP contribution in [-0.4, -0.2) is 80.4 Å². The van der Waals surface area contributed by atoms with Gasteiger partial charge in [-0.25, -0.2) is 0 Å². The van der Waals surface area contributed by atoms with Crippen molar-refractivity contribution in [1.82, 2.24) is 0 Å². The standard InChI is InChI=1S/C21H32O11/c1-6-12(23)18(29)20(14(25)7-2,31-16(27)9-4)21(15(26)8-3,32-17(28)10-5)19(30)13(24)11-22/h13,19,22,24,30H,6-11H2,1-5H3/t13-,19-,20+,21+/m1/s1. The van der Waals surface area contributed by atoms with Crippen molar-refractivity contribution in [2.45, 2.75) is 90.1 Å². The van der Waals surface area contributed by atoms with Gasteiger partial charge < -0.3 is 24.8 Å². The molecular formula is C21H32O11. The molecule has 0 aromatic carbocycles. The maximum atomic E-state index is 13.4. The lowest BCUT2D eigenvalue weighted by molar-refractivity contribution is -0.238. The van der Waals surface area contributed by atoms with Gasteiger partial charge in [0.2, 0.25) is 5.78 Å². The predicted octanol–water partition coefficient (Wildman–Crippen LogP) is -0.409. The summed E-state index contributed by atoms with van der Waals surface area (Å²) in [5, 5.41) is 30.5. The number of hydrogen-bond acceptors (Lipinski definition) is 11. The molecule has 0 spiro atoms. The molecule has 0 saturated carbocycles. The van der Waals surface area contributed by atoms with Crippen molar-refractivity contribution in [3.63, 3.8) is 0 Å². The van der Waals surface area contributed by atoms with E-state index in [1.54, 1.807) is 0 Å². The van der Waals surface area contributed by atoms with Gasteiger partial charge in [-0.05, 0) is 0 Å². The molecular weight excluding hydrogens is 428 g/mol. The van der Waals surface area contributed by atoms with Gasteiger partial charge in [-0.1, -0.05) is 34.6 Å². The molecule has 32 heavy (non-hydrogen) atoms. The summed E-state index contributed by atoms with van der Waals surface area (Å²) in [5.74, 6) is -7.93. The van der Waals surface area contributed by atoms with Gasteiger partial charge in [-0.15, -0.1) is 0 Å². The smallest absolute Gasteiger partial charge is 0.307 e. The molecule has 0 bridgehead atoms. The molecule has 182 valence electrons. The molecule has 0 aliphatic heterocycles. The fourth-order valence-corrected chi connectivity index (χ4v) is 3.17. The van der Waals surface area contributed by atoms with Crippen molar-refractivity contribution < 1.29 is 53.6 Å². The fraction of sp³-hybridized carbons (Fsp3) is 0.714. The van der Waals surface area contributed by atoms with Crippen LogP contribution in [0.4, 0.5) is 0 Å². The van der Waals surface area contributed by atoms with Crippen LogP contribution in [0.5, 0.6) is 0 Å². The third kappa shape index (κ3) is 5.28. The van der Waals surface area contributed by atoms with E-state index in [0.717, 1.165) is 0 Å². The molecule has 0 aliphatic carbocycles. The van der Waals surface area contributed by atoms with E-state index in [9.17, 15) is 44.1 Å². The zero-order valence-corrected chi connectivity index (χ0v) is 19.0. The third-order valence-corrected chi connectivity index (χ3v) is 4.95. The van der Waals surface area contributed by atoms with Gasteiger partial charge in [0.05, 0.1) is 6.61 Å². The molecule has 4 atom stereocenters. The summed E-state index contributed by atoms with van der Waals surface area (Å²) in [7, 11) is 0. The molecule has 0 radical (unpaired) electrons. The summed E-state index contributed by atoms with van der Waals surface area (Å²) in [6, 6.07) is 0. The molecule has 11 nitrogen and oxygen atoms in total. The summed E-state index contributed by atoms with van der Waals surface area (Å²) in [6.45, 7) is 5.16. The van der Waals surface area contributed by atoms with E-state index in [2.05, 4.69) is 0 Å². The first-order valence-corrected chi connectivity index (χ1v) is 10.5. The molecule has 0 fully saturated rings. The highest BCUT2D eigenvalue weighted by Crippen LogP contribution is 2.41. The van der Waals surface area contributed by atoms with Crippen molar-refractivity contribution in [3.05, 3.63) is 0 Å². The average molecular weight is 460 g/mol. The maximum Gasteiger partial charge on any atom is 0.307 e. The van der Waals surface area contributed by atoms with Gasteiger partial charge >= 0.3 is 11.9 Å². The van der Waals surface area contributed by atoms with Crippen LogP contribution < -0.4 is 0 Å². The van der Waals surface area contributed by atoms with Gasteiger partial charge in [0.15, 0.2) is 11.6 Å². The van der Waals surface area contributed by atoms with Gasteiger partial charge in [0, 0.05) is 32.1 Å². The van der Waals surface area contributed by atoms with E-state index in [1.807, 2.05) is 0 Å². The maximum absolute atomic E-state index is 13.4. The van der Waals surface area contributed by atoms with E-state index >= 15 is 0 Å². The zero-order valence-electron chi connectivity index (χ0n) is 19.0. The van der Waals surface area contributed by atoms with Crippen LogP contribution in [0.3, 0.4) is 0 Å². The first-order chi connectivity index (χ1) is 14.9. The largest absolute Gasteiger partial charge is 0.443 e. The molecule has 0 rings (SSSR count). The highest BCUT2D eigenvalue weighted by Gasteiger charge is 2.74. The number of rotatable bonds is 15. The number of aliphatic hydroxyl groups is 3. The van der Waals surface area contributed by atoms with Crippen LogP contribution in [0.2, 0.25) is 0 Å². The molecule has 11 heteroatoms. The van der Waals surface area contributed by atoms with Crippen LogP contribution in [0.15, 0.2) is 0 Å². The van der Waals surface area contributed by atoms with Crippen LogP contribution in [0, 0.1) is 0 Å². The highest BCUT2D eigenvalue weighted by molar-refractivity contribution is 6.46. The lowest BCUT2D eigenvalue weighted by Crippen LogP contribution is -2.78. The van der Waals surface area contributed by atoms with Crippen molar-refractivity contribution in [2.75, 3.05) is 6.61 Å². The molecule has 0 heterocycles. The first kappa shape index (κ1) is 29.5. The first-order valence-electron chi connectivity index (χ1n) is 10.5. The SMILES string of the molecule is CCC(=O)O[C@@](C(=O)CC)(C(=O)C(=O)CC)[C@](OC(=O)CC)(C(=O)CC)[C@H](O)[C@H](O)CO. The van der Waals surface area contributed by atoms with Crippen molar-refractivity contribution in [1.29, 1.82) is 0 Å². The molecule has 0 unspecified atom stereocenters. The molecule has 0 saturated heterocycles. The Labute approximate surface area is 186 Å². The van der Waals surface area contributed by atoms with Crippen LogP contribution in [0.1, 0.15) is 66.7 Å². The summed E-state index contributed by atoms with van der Waals surface area (Å²) >= 11 is 0. The number of ether oxygens (including phenoxy) is 2. The van der Waals surface area contributed by atoms with E-state index in [0.29, 0.717) is 0 Å². The normalized spacial score (nSPS) is 16.6. The van der Waals surface area contributed by atoms with Crippen LogP contribution >= 0.6 is 0 Å². The summed E-state index contributed by atoms with van der Waals surface area (Å²) in [5.41, 5.74) is -6.73. The van der Waals surface area contributed by atoms with Crippen molar-refractivity contribution in [2.24, 2.45) is 0 Å². The molecule has 0 amide bonds. The lowest BCUT2D eigenvalue weighted by Gasteiger charge is -2.47. The average Bonchev–Trinajstić information content (AvgIpc) is 2.82. The predicted molar refractivity (Wildman–Crippen MR) is 108 cm³/mol. The van der Waals surface area contributed by atoms with Gasteiger partial charge in [-0.3, -0.25) is 28.8 Å². The summed E-state index contributed by atoms with van der Waals surface area (Å²) in [4.78, 5) is 77.1. The Bertz CT molecular complexity index is 744. The van der Waals surface area contributed by atoms with E-state index in [-0.39, 0.29) is 0 Å². The summed E-state index contributed by atoms with van der Waals surface area (Å²) < 4.78 is 10.4. The van der Waals surface area contributed by atoms with E-state index < -0.39 is 97.2 Å². The number of esters is 2. The number of carbonyl (C=O) groups excluding carboxylic acids is 6. The topological polar surface area (TPSA) is 182 Å². The Morgan fingerprint density at radius 3 is 1.56 bits per heavy atom. The molecule has 0 aliphatic rings. The van der Waals surface area contributed by atoms with E-state index in [1.165, 1.54) is 34.6 Å². The number of ketones is 4. The van der Waals surface area contributed by atoms with Gasteiger partial charge in [-0.2, -0.15) is 0 Å². The Morgan fingerprint density at radius 2 is 1.19 bits per heavy atom. The Balaban J connectivity index is 7.84. The second-order valence-electron chi connectivity index (χ2n) is 6.93. The number of Topliss-reactive ketones (excluding diaryl/α,β-unsaturated/α-hetero) is 4. The minimum Gasteiger partial charge on any atom is -0.443 e. The Kier molecular flexibility index (Phi) is 11.5. The third-order valence-electron chi connectivity index (χ3n) is 4.95. The minimum atomic E-state index is -3.41. The molecule has 0 aromatic rings. The number of hydrogen-bond donors (Lipinski definition) is 3. The summed E-state index contributed by atoms with van der Waals surface area (Å²) in [6.07, 6.45) is -7.27. The zero-order chi connectivity index (χ0) is 25.3.